The van der Waals surface area contributed by atoms with Crippen LogP contribution in [0.2, 0.25) is 0 Å². The Labute approximate surface area is 119 Å². The Hall–Kier alpha value is -0.830. The predicted octanol–water partition coefficient (Wildman–Crippen LogP) is 4.67. The van der Waals surface area contributed by atoms with E-state index in [1.165, 1.54) is 29.0 Å². The topological polar surface area (TPSA) is 37.3 Å². The first-order chi connectivity index (χ1) is 9.13. The van der Waals surface area contributed by atoms with Gasteiger partial charge in [0.15, 0.2) is 0 Å². The molecule has 0 amide bonds. The first-order valence-corrected chi connectivity index (χ1v) is 8.25. The molecule has 1 N–H and O–H groups in total. The molecular weight excluding hydrogens is 256 g/mol. The van der Waals surface area contributed by atoms with Crippen molar-refractivity contribution in [2.75, 3.05) is 0 Å². The Kier molecular flexibility index (Phi) is 5.03. The fraction of sp³-hybridized carbons (Fsp3) is 0.688. The van der Waals surface area contributed by atoms with Crippen LogP contribution in [-0.4, -0.2) is 11.1 Å². The summed E-state index contributed by atoms with van der Waals surface area (Å²) >= 11 is 1.89. The van der Waals surface area contributed by atoms with Gasteiger partial charge in [0.05, 0.1) is 6.42 Å². The average Bonchev–Trinajstić information content (AvgIpc) is 2.85. The number of hydrogen-bond acceptors (Lipinski definition) is 2. The van der Waals surface area contributed by atoms with Gasteiger partial charge in [0, 0.05) is 9.75 Å². The molecular formula is C16H24O2S. The maximum absolute atomic E-state index is 11.1. The molecule has 2 rings (SSSR count). The lowest BCUT2D eigenvalue weighted by Gasteiger charge is -2.36. The molecule has 2 nitrogen and oxygen atoms in total. The molecule has 0 spiro atoms. The molecule has 1 aromatic rings. The Morgan fingerprint density at radius 2 is 1.95 bits per heavy atom. The van der Waals surface area contributed by atoms with Crippen LogP contribution in [0.15, 0.2) is 12.1 Å². The minimum atomic E-state index is -0.623. The Bertz CT molecular complexity index is 416. The SMILES string of the molecule is CCc1ccc(CCC2(CC(=O)O)CCCCC2)s1. The van der Waals surface area contributed by atoms with E-state index in [1.807, 2.05) is 11.3 Å². The largest absolute Gasteiger partial charge is 0.481 e. The van der Waals surface area contributed by atoms with Gasteiger partial charge in [-0.05, 0) is 49.7 Å². The molecule has 3 heteroatoms. The van der Waals surface area contributed by atoms with Crippen molar-refractivity contribution in [3.63, 3.8) is 0 Å². The number of hydrogen-bond donors (Lipinski definition) is 1. The quantitative estimate of drug-likeness (QED) is 0.822. The second-order valence-corrected chi connectivity index (χ2v) is 7.11. The first-order valence-electron chi connectivity index (χ1n) is 7.43. The number of rotatable bonds is 6. The highest BCUT2D eigenvalue weighted by Crippen LogP contribution is 2.43. The molecule has 0 bridgehead atoms. The highest BCUT2D eigenvalue weighted by molar-refractivity contribution is 7.11. The molecule has 1 aromatic heterocycles. The number of carboxylic acids is 1. The smallest absolute Gasteiger partial charge is 0.303 e. The molecule has 19 heavy (non-hydrogen) atoms. The fourth-order valence-electron chi connectivity index (χ4n) is 3.27. The van der Waals surface area contributed by atoms with Gasteiger partial charge in [-0.2, -0.15) is 0 Å². The van der Waals surface area contributed by atoms with Gasteiger partial charge in [-0.3, -0.25) is 4.79 Å². The molecule has 1 heterocycles. The van der Waals surface area contributed by atoms with Gasteiger partial charge in [0.1, 0.15) is 0 Å². The zero-order valence-corrected chi connectivity index (χ0v) is 12.6. The summed E-state index contributed by atoms with van der Waals surface area (Å²) in [5, 5.41) is 9.17. The van der Waals surface area contributed by atoms with E-state index in [1.54, 1.807) is 0 Å². The van der Waals surface area contributed by atoms with E-state index in [0.29, 0.717) is 6.42 Å². The van der Waals surface area contributed by atoms with Crippen molar-refractivity contribution >= 4 is 17.3 Å². The van der Waals surface area contributed by atoms with Crippen molar-refractivity contribution < 1.29 is 9.90 Å². The van der Waals surface area contributed by atoms with E-state index in [-0.39, 0.29) is 5.41 Å². The molecule has 0 atom stereocenters. The normalized spacial score (nSPS) is 18.4. The second kappa shape index (κ2) is 6.56. The highest BCUT2D eigenvalue weighted by Gasteiger charge is 2.33. The molecule has 1 aliphatic rings. The Morgan fingerprint density at radius 3 is 2.53 bits per heavy atom. The third-order valence-electron chi connectivity index (χ3n) is 4.41. The molecule has 0 aliphatic heterocycles. The number of aliphatic carboxylic acids is 1. The lowest BCUT2D eigenvalue weighted by Crippen LogP contribution is -2.28. The van der Waals surface area contributed by atoms with Gasteiger partial charge in [-0.25, -0.2) is 0 Å². The number of carbonyl (C=O) groups is 1. The van der Waals surface area contributed by atoms with Crippen molar-refractivity contribution in [3.8, 4) is 0 Å². The van der Waals surface area contributed by atoms with E-state index in [4.69, 9.17) is 0 Å². The van der Waals surface area contributed by atoms with Crippen LogP contribution in [0.25, 0.3) is 0 Å². The van der Waals surface area contributed by atoms with Crippen LogP contribution in [0, 0.1) is 5.41 Å². The minimum Gasteiger partial charge on any atom is -0.481 e. The average molecular weight is 280 g/mol. The van der Waals surface area contributed by atoms with Crippen LogP contribution in [0.1, 0.15) is 61.6 Å². The van der Waals surface area contributed by atoms with Crippen LogP contribution in [0.3, 0.4) is 0 Å². The van der Waals surface area contributed by atoms with Crippen molar-refractivity contribution in [1.82, 2.24) is 0 Å². The van der Waals surface area contributed by atoms with Crippen molar-refractivity contribution in [2.24, 2.45) is 5.41 Å². The maximum Gasteiger partial charge on any atom is 0.303 e. The Balaban J connectivity index is 1.97. The van der Waals surface area contributed by atoms with Gasteiger partial charge in [0.2, 0.25) is 0 Å². The van der Waals surface area contributed by atoms with Crippen LogP contribution < -0.4 is 0 Å². The van der Waals surface area contributed by atoms with Gasteiger partial charge >= 0.3 is 5.97 Å². The first kappa shape index (κ1) is 14.6. The van der Waals surface area contributed by atoms with Crippen molar-refractivity contribution in [1.29, 1.82) is 0 Å². The lowest BCUT2D eigenvalue weighted by atomic mass is 9.69. The van der Waals surface area contributed by atoms with Crippen molar-refractivity contribution in [3.05, 3.63) is 21.9 Å². The van der Waals surface area contributed by atoms with Gasteiger partial charge in [-0.15, -0.1) is 11.3 Å². The number of aryl methyl sites for hydroxylation is 2. The predicted molar refractivity (Wildman–Crippen MR) is 79.8 cm³/mol. The van der Waals surface area contributed by atoms with E-state index in [9.17, 15) is 9.90 Å². The van der Waals surface area contributed by atoms with E-state index >= 15 is 0 Å². The summed E-state index contributed by atoms with van der Waals surface area (Å²) in [6.45, 7) is 2.18. The summed E-state index contributed by atoms with van der Waals surface area (Å²) in [5.74, 6) is -0.623. The summed E-state index contributed by atoms with van der Waals surface area (Å²) in [7, 11) is 0. The molecule has 1 aliphatic carbocycles. The molecule has 1 fully saturated rings. The lowest BCUT2D eigenvalue weighted by molar-refractivity contribution is -0.140. The standard InChI is InChI=1S/C16H24O2S/c1-2-13-6-7-14(19-13)8-11-16(12-15(17)18)9-4-3-5-10-16/h6-7H,2-5,8-12H2,1H3,(H,17,18). The third kappa shape index (κ3) is 4.07. The van der Waals surface area contributed by atoms with E-state index in [0.717, 1.165) is 32.1 Å². The number of thiophene rings is 1. The van der Waals surface area contributed by atoms with Gasteiger partial charge in [-0.1, -0.05) is 26.2 Å². The molecule has 0 saturated heterocycles. The minimum absolute atomic E-state index is 0.0699. The highest BCUT2D eigenvalue weighted by atomic mass is 32.1. The number of carboxylic acid groups (broad SMARTS) is 1. The van der Waals surface area contributed by atoms with Crippen LogP contribution in [0.4, 0.5) is 0 Å². The Morgan fingerprint density at radius 1 is 1.26 bits per heavy atom. The van der Waals surface area contributed by atoms with Crippen LogP contribution in [-0.2, 0) is 17.6 Å². The summed E-state index contributed by atoms with van der Waals surface area (Å²) in [5.41, 5.74) is 0.0699. The molecule has 0 radical (unpaired) electrons. The van der Waals surface area contributed by atoms with E-state index < -0.39 is 5.97 Å². The molecule has 1 saturated carbocycles. The third-order valence-corrected chi connectivity index (χ3v) is 5.70. The summed E-state index contributed by atoms with van der Waals surface area (Å²) < 4.78 is 0. The second-order valence-electron chi connectivity index (χ2n) is 5.85. The molecule has 0 unspecified atom stereocenters. The zero-order valence-electron chi connectivity index (χ0n) is 11.8. The van der Waals surface area contributed by atoms with Gasteiger partial charge < -0.3 is 5.11 Å². The summed E-state index contributed by atoms with van der Waals surface area (Å²) in [4.78, 5) is 14.0. The summed E-state index contributed by atoms with van der Waals surface area (Å²) in [6.07, 6.45) is 9.46. The monoisotopic (exact) mass is 280 g/mol. The fourth-order valence-corrected chi connectivity index (χ4v) is 4.23. The van der Waals surface area contributed by atoms with Crippen molar-refractivity contribution in [2.45, 2.75) is 64.7 Å². The molecule has 0 aromatic carbocycles. The molecule has 106 valence electrons. The van der Waals surface area contributed by atoms with Crippen LogP contribution >= 0.6 is 11.3 Å². The zero-order chi connectivity index (χ0) is 13.7. The van der Waals surface area contributed by atoms with Gasteiger partial charge in [0.25, 0.3) is 0 Å². The van der Waals surface area contributed by atoms with Crippen LogP contribution in [0.5, 0.6) is 0 Å². The maximum atomic E-state index is 11.1. The summed E-state index contributed by atoms with van der Waals surface area (Å²) in [6, 6.07) is 4.44. The van der Waals surface area contributed by atoms with E-state index in [2.05, 4.69) is 19.1 Å².